The van der Waals surface area contributed by atoms with Crippen LogP contribution in [0.3, 0.4) is 0 Å². The number of halogens is 2. The van der Waals surface area contributed by atoms with Gasteiger partial charge in [-0.1, -0.05) is 35.3 Å². The zero-order valence-corrected chi connectivity index (χ0v) is 20.8. The Bertz CT molecular complexity index is 925. The second-order valence-corrected chi connectivity index (χ2v) is 8.89. The summed E-state index contributed by atoms with van der Waals surface area (Å²) in [5.74, 6) is 0.0366. The van der Waals surface area contributed by atoms with Gasteiger partial charge in [0.05, 0.1) is 39.5 Å². The second-order valence-electron chi connectivity index (χ2n) is 8.05. The van der Waals surface area contributed by atoms with Crippen LogP contribution in [0.4, 0.5) is 5.69 Å². The van der Waals surface area contributed by atoms with Gasteiger partial charge < -0.3 is 24.4 Å². The van der Waals surface area contributed by atoms with Gasteiger partial charge in [0.25, 0.3) is 0 Å². The van der Waals surface area contributed by atoms with Gasteiger partial charge in [0.15, 0.2) is 0 Å². The van der Waals surface area contributed by atoms with Crippen LogP contribution in [0.5, 0.6) is 0 Å². The van der Waals surface area contributed by atoms with Crippen LogP contribution in [-0.4, -0.2) is 64.0 Å². The van der Waals surface area contributed by atoms with E-state index in [0.29, 0.717) is 49.7 Å². The van der Waals surface area contributed by atoms with Crippen LogP contribution in [-0.2, 0) is 25.5 Å². The molecule has 0 aromatic heterocycles. The number of rotatable bonds is 12. The molecule has 6 nitrogen and oxygen atoms in total. The minimum atomic E-state index is -0.0864. The molecule has 0 radical (unpaired) electrons. The molecule has 0 saturated carbocycles. The van der Waals surface area contributed by atoms with E-state index in [4.69, 9.17) is 37.4 Å². The van der Waals surface area contributed by atoms with Gasteiger partial charge in [0.1, 0.15) is 0 Å². The van der Waals surface area contributed by atoms with Gasteiger partial charge in [-0.15, -0.1) is 0 Å². The highest BCUT2D eigenvalue weighted by Gasteiger charge is 2.27. The van der Waals surface area contributed by atoms with E-state index in [0.717, 1.165) is 35.5 Å². The van der Waals surface area contributed by atoms with Crippen molar-refractivity contribution in [1.82, 2.24) is 4.90 Å². The Morgan fingerprint density at radius 3 is 2.55 bits per heavy atom. The first-order valence-electron chi connectivity index (χ1n) is 11.3. The van der Waals surface area contributed by atoms with E-state index in [1.165, 1.54) is 0 Å². The van der Waals surface area contributed by atoms with Crippen molar-refractivity contribution >= 4 is 34.8 Å². The van der Waals surface area contributed by atoms with Gasteiger partial charge in [0.2, 0.25) is 5.91 Å². The maximum atomic E-state index is 12.4. The van der Waals surface area contributed by atoms with E-state index in [1.807, 2.05) is 31.2 Å². The minimum Gasteiger partial charge on any atom is -0.379 e. The van der Waals surface area contributed by atoms with Gasteiger partial charge in [-0.05, 0) is 54.9 Å². The molecular formula is C25H32Cl2N2O4. The molecule has 1 amide bonds. The standard InChI is InChI=1S/C25H32Cl2N2O4/c1-3-31-9-10-33-12-11-32-8-7-25(30)28-20-6-4-5-18(13-20)22-16-29(2)17-23-21(22)14-19(26)15-24(23)27/h4-6,13-15,22H,3,7-12,16-17H2,1-2H3,(H,28,30). The Morgan fingerprint density at radius 1 is 1.06 bits per heavy atom. The molecular weight excluding hydrogens is 463 g/mol. The monoisotopic (exact) mass is 494 g/mol. The third-order valence-corrected chi connectivity index (χ3v) is 6.04. The molecule has 1 atom stereocenters. The van der Waals surface area contributed by atoms with Crippen molar-refractivity contribution in [3.05, 3.63) is 63.1 Å². The van der Waals surface area contributed by atoms with E-state index in [-0.39, 0.29) is 18.2 Å². The Morgan fingerprint density at radius 2 is 1.79 bits per heavy atom. The molecule has 33 heavy (non-hydrogen) atoms. The number of ether oxygens (including phenoxy) is 3. The molecule has 2 aromatic rings. The lowest BCUT2D eigenvalue weighted by Crippen LogP contribution is -2.31. The molecule has 0 bridgehead atoms. The van der Waals surface area contributed by atoms with Gasteiger partial charge in [0, 0.05) is 41.3 Å². The summed E-state index contributed by atoms with van der Waals surface area (Å²) in [4.78, 5) is 14.6. The first-order chi connectivity index (χ1) is 16.0. The largest absolute Gasteiger partial charge is 0.379 e. The summed E-state index contributed by atoms with van der Waals surface area (Å²) in [6.07, 6.45) is 0.281. The fourth-order valence-corrected chi connectivity index (χ4v) is 4.51. The van der Waals surface area contributed by atoms with Crippen molar-refractivity contribution in [3.63, 3.8) is 0 Å². The summed E-state index contributed by atoms with van der Waals surface area (Å²) < 4.78 is 16.1. The summed E-state index contributed by atoms with van der Waals surface area (Å²) in [5.41, 5.74) is 4.12. The maximum Gasteiger partial charge on any atom is 0.226 e. The third-order valence-electron chi connectivity index (χ3n) is 5.49. The molecule has 1 aliphatic heterocycles. The number of hydrogen-bond donors (Lipinski definition) is 1. The molecule has 0 fully saturated rings. The molecule has 2 aromatic carbocycles. The highest BCUT2D eigenvalue weighted by Crippen LogP contribution is 2.38. The number of benzene rings is 2. The smallest absolute Gasteiger partial charge is 0.226 e. The zero-order valence-electron chi connectivity index (χ0n) is 19.2. The molecule has 1 heterocycles. The van der Waals surface area contributed by atoms with Gasteiger partial charge >= 0.3 is 0 Å². The highest BCUT2D eigenvalue weighted by atomic mass is 35.5. The number of fused-ring (bicyclic) bond motifs is 1. The average Bonchev–Trinajstić information content (AvgIpc) is 2.78. The molecule has 180 valence electrons. The van der Waals surface area contributed by atoms with Gasteiger partial charge in [-0.2, -0.15) is 0 Å². The topological polar surface area (TPSA) is 60.0 Å². The number of hydrogen-bond acceptors (Lipinski definition) is 5. The number of likely N-dealkylation sites (N-methyl/N-ethyl adjacent to an activating group) is 1. The Kier molecular flexibility index (Phi) is 10.4. The summed E-state index contributed by atoms with van der Waals surface area (Å²) >= 11 is 12.8. The summed E-state index contributed by atoms with van der Waals surface area (Å²) in [7, 11) is 2.08. The number of nitrogens with one attached hydrogen (secondary N) is 1. The first-order valence-corrected chi connectivity index (χ1v) is 12.0. The number of carbonyl (C=O) groups excluding carboxylic acids is 1. The van der Waals surface area contributed by atoms with Gasteiger partial charge in [-0.25, -0.2) is 0 Å². The van der Waals surface area contributed by atoms with E-state index in [2.05, 4.69) is 23.3 Å². The zero-order chi connectivity index (χ0) is 23.6. The van der Waals surface area contributed by atoms with Crippen LogP contribution in [0, 0.1) is 0 Å². The molecule has 8 heteroatoms. The molecule has 1 aliphatic rings. The first kappa shape index (κ1) is 25.9. The lowest BCUT2D eigenvalue weighted by Gasteiger charge is -2.33. The van der Waals surface area contributed by atoms with E-state index >= 15 is 0 Å². The fourth-order valence-electron chi connectivity index (χ4n) is 3.94. The Hall–Kier alpha value is -1.67. The van der Waals surface area contributed by atoms with Crippen molar-refractivity contribution < 1.29 is 19.0 Å². The van der Waals surface area contributed by atoms with Crippen LogP contribution < -0.4 is 5.32 Å². The molecule has 0 saturated heterocycles. The number of anilines is 1. The van der Waals surface area contributed by atoms with E-state index in [1.54, 1.807) is 6.07 Å². The summed E-state index contributed by atoms with van der Waals surface area (Å²) in [6.45, 7) is 6.69. The molecule has 3 rings (SSSR count). The summed E-state index contributed by atoms with van der Waals surface area (Å²) in [6, 6.07) is 11.8. The predicted molar refractivity (Wildman–Crippen MR) is 132 cm³/mol. The number of nitrogens with zero attached hydrogens (tertiary/aromatic N) is 1. The van der Waals surface area contributed by atoms with Crippen LogP contribution in [0.15, 0.2) is 36.4 Å². The van der Waals surface area contributed by atoms with Crippen molar-refractivity contribution in [3.8, 4) is 0 Å². The molecule has 0 aliphatic carbocycles. The maximum absolute atomic E-state index is 12.4. The van der Waals surface area contributed by atoms with Crippen molar-refractivity contribution in [2.24, 2.45) is 0 Å². The summed E-state index contributed by atoms with van der Waals surface area (Å²) in [5, 5.41) is 4.30. The average molecular weight is 495 g/mol. The Balaban J connectivity index is 1.52. The van der Waals surface area contributed by atoms with Crippen LogP contribution in [0.2, 0.25) is 10.0 Å². The van der Waals surface area contributed by atoms with Crippen molar-refractivity contribution in [2.75, 3.05) is 58.6 Å². The second kappa shape index (κ2) is 13.3. The SMILES string of the molecule is CCOCCOCCOCCC(=O)Nc1cccc(C2CN(C)Cc3c(Cl)cc(Cl)cc32)c1. The molecule has 0 spiro atoms. The van der Waals surface area contributed by atoms with Gasteiger partial charge in [-0.3, -0.25) is 4.79 Å². The predicted octanol–water partition coefficient (Wildman–Crippen LogP) is 4.97. The minimum absolute atomic E-state index is 0.0864. The lowest BCUT2D eigenvalue weighted by atomic mass is 9.84. The number of amides is 1. The van der Waals surface area contributed by atoms with Crippen LogP contribution in [0.1, 0.15) is 36.0 Å². The Labute approximate surface area is 206 Å². The van der Waals surface area contributed by atoms with E-state index < -0.39 is 0 Å². The highest BCUT2D eigenvalue weighted by molar-refractivity contribution is 6.35. The van der Waals surface area contributed by atoms with E-state index in [9.17, 15) is 4.79 Å². The number of carbonyl (C=O) groups is 1. The fraction of sp³-hybridized carbons (Fsp3) is 0.480. The van der Waals surface area contributed by atoms with Crippen LogP contribution in [0.25, 0.3) is 0 Å². The lowest BCUT2D eigenvalue weighted by molar-refractivity contribution is -0.117. The molecule has 1 unspecified atom stereocenters. The third kappa shape index (κ3) is 7.95. The van der Waals surface area contributed by atoms with Crippen molar-refractivity contribution in [2.45, 2.75) is 25.8 Å². The normalized spacial score (nSPS) is 15.9. The van der Waals surface area contributed by atoms with Crippen LogP contribution >= 0.6 is 23.2 Å². The van der Waals surface area contributed by atoms with Crippen molar-refractivity contribution in [1.29, 1.82) is 0 Å². The quantitative estimate of drug-likeness (QED) is 0.422. The molecule has 1 N–H and O–H groups in total.